The fraction of sp³-hybridized carbons (Fsp3) is 0.250. The van der Waals surface area contributed by atoms with Crippen molar-refractivity contribution < 1.29 is 4.79 Å². The zero-order valence-electron chi connectivity index (χ0n) is 16.9. The minimum absolute atomic E-state index is 0.0501. The number of pyridine rings is 1. The average molecular weight is 374 g/mol. The minimum Gasteiger partial charge on any atom is -0.340 e. The Morgan fingerprint density at radius 3 is 2.29 bits per heavy atom. The van der Waals surface area contributed by atoms with E-state index in [4.69, 9.17) is 0 Å². The Bertz CT molecular complexity index is 939. The van der Waals surface area contributed by atoms with Gasteiger partial charge in [0.05, 0.1) is 18.3 Å². The van der Waals surface area contributed by atoms with Crippen molar-refractivity contribution in [2.75, 3.05) is 10.6 Å². The van der Waals surface area contributed by atoms with Gasteiger partial charge in [-0.2, -0.15) is 0 Å². The first-order chi connectivity index (χ1) is 13.3. The molecule has 1 heterocycles. The Labute approximate surface area is 167 Å². The number of aromatic nitrogens is 1. The predicted octanol–water partition coefficient (Wildman–Crippen LogP) is 5.61. The Kier molecular flexibility index (Phi) is 5.78. The number of hydrogen-bond donors (Lipinski definition) is 2. The van der Waals surface area contributed by atoms with Gasteiger partial charge in [-0.15, -0.1) is 0 Å². The fourth-order valence-electron chi connectivity index (χ4n) is 2.96. The lowest BCUT2D eigenvalue weighted by molar-refractivity contribution is -0.115. The molecule has 28 heavy (non-hydrogen) atoms. The van der Waals surface area contributed by atoms with Gasteiger partial charge in [0.2, 0.25) is 5.91 Å². The van der Waals surface area contributed by atoms with Gasteiger partial charge < -0.3 is 10.6 Å². The van der Waals surface area contributed by atoms with Gasteiger partial charge in [0.15, 0.2) is 0 Å². The molecular formula is C24H27N3O. The molecule has 0 aliphatic carbocycles. The van der Waals surface area contributed by atoms with Crippen LogP contribution >= 0.6 is 0 Å². The van der Waals surface area contributed by atoms with Gasteiger partial charge in [-0.25, -0.2) is 4.98 Å². The van der Waals surface area contributed by atoms with E-state index in [0.29, 0.717) is 12.1 Å². The molecule has 4 heteroatoms. The zero-order chi connectivity index (χ0) is 20.1. The lowest BCUT2D eigenvalue weighted by Gasteiger charge is -2.19. The summed E-state index contributed by atoms with van der Waals surface area (Å²) < 4.78 is 0. The van der Waals surface area contributed by atoms with E-state index in [1.165, 1.54) is 5.56 Å². The molecule has 1 amide bonds. The molecule has 144 valence electrons. The smallest absolute Gasteiger partial charge is 0.228 e. The standard InChI is InChI=1S/C24H27N3O/c1-17-6-5-7-18(14-17)15-23(28)27-21-12-13-22(25-16-21)26-20-10-8-19(9-11-20)24(2,3)4/h5-14,16H,15H2,1-4H3,(H,25,26)(H,27,28). The number of hydrogen-bond acceptors (Lipinski definition) is 3. The highest BCUT2D eigenvalue weighted by Gasteiger charge is 2.12. The SMILES string of the molecule is Cc1cccc(CC(=O)Nc2ccc(Nc3ccc(C(C)(C)C)cc3)nc2)c1. The van der Waals surface area contributed by atoms with Crippen LogP contribution in [0.1, 0.15) is 37.5 Å². The van der Waals surface area contributed by atoms with Crippen LogP contribution in [0, 0.1) is 6.92 Å². The first-order valence-electron chi connectivity index (χ1n) is 9.49. The molecule has 2 N–H and O–H groups in total. The van der Waals surface area contributed by atoms with Gasteiger partial charge in [-0.1, -0.05) is 62.7 Å². The molecule has 0 saturated carbocycles. The van der Waals surface area contributed by atoms with E-state index in [0.717, 1.165) is 22.6 Å². The fourth-order valence-corrected chi connectivity index (χ4v) is 2.96. The normalized spacial score (nSPS) is 11.1. The number of carbonyl (C=O) groups excluding carboxylic acids is 1. The monoisotopic (exact) mass is 373 g/mol. The molecule has 1 aromatic heterocycles. The lowest BCUT2D eigenvalue weighted by Crippen LogP contribution is -2.14. The second-order valence-corrected chi connectivity index (χ2v) is 8.10. The molecular weight excluding hydrogens is 346 g/mol. The molecule has 0 atom stereocenters. The summed E-state index contributed by atoms with van der Waals surface area (Å²) in [6, 6.07) is 20.1. The summed E-state index contributed by atoms with van der Waals surface area (Å²) in [4.78, 5) is 16.6. The summed E-state index contributed by atoms with van der Waals surface area (Å²) in [7, 11) is 0. The molecule has 0 spiro atoms. The second kappa shape index (κ2) is 8.26. The first kappa shape index (κ1) is 19.6. The number of amides is 1. The van der Waals surface area contributed by atoms with Crippen molar-refractivity contribution in [3.05, 3.63) is 83.6 Å². The Hall–Kier alpha value is -3.14. The number of benzene rings is 2. The maximum absolute atomic E-state index is 12.2. The highest BCUT2D eigenvalue weighted by Crippen LogP contribution is 2.24. The van der Waals surface area contributed by atoms with E-state index < -0.39 is 0 Å². The summed E-state index contributed by atoms with van der Waals surface area (Å²) in [6.45, 7) is 8.61. The molecule has 0 bridgehead atoms. The number of nitrogens with one attached hydrogen (secondary N) is 2. The van der Waals surface area contributed by atoms with Gasteiger partial charge in [-0.05, 0) is 47.7 Å². The average Bonchev–Trinajstić information content (AvgIpc) is 2.63. The summed E-state index contributed by atoms with van der Waals surface area (Å²) in [5.74, 6) is 0.686. The Morgan fingerprint density at radius 2 is 1.68 bits per heavy atom. The summed E-state index contributed by atoms with van der Waals surface area (Å²) >= 11 is 0. The molecule has 0 fully saturated rings. The highest BCUT2D eigenvalue weighted by atomic mass is 16.1. The van der Waals surface area contributed by atoms with Crippen LogP contribution in [0.15, 0.2) is 66.9 Å². The van der Waals surface area contributed by atoms with Gasteiger partial charge >= 0.3 is 0 Å². The predicted molar refractivity (Wildman–Crippen MR) is 116 cm³/mol. The molecule has 3 aromatic rings. The number of nitrogens with zero attached hydrogens (tertiary/aromatic N) is 1. The van der Waals surface area contributed by atoms with Crippen LogP contribution in [-0.2, 0) is 16.6 Å². The number of carbonyl (C=O) groups is 1. The van der Waals surface area contributed by atoms with Crippen LogP contribution < -0.4 is 10.6 Å². The quantitative estimate of drug-likeness (QED) is 0.611. The summed E-state index contributed by atoms with van der Waals surface area (Å²) in [5, 5.41) is 6.18. The first-order valence-corrected chi connectivity index (χ1v) is 9.49. The van der Waals surface area contributed by atoms with E-state index in [-0.39, 0.29) is 11.3 Å². The third kappa shape index (κ3) is 5.43. The van der Waals surface area contributed by atoms with Crippen LogP contribution in [0.25, 0.3) is 0 Å². The Balaban J connectivity index is 1.58. The van der Waals surface area contributed by atoms with E-state index in [2.05, 4.69) is 60.7 Å². The van der Waals surface area contributed by atoms with E-state index >= 15 is 0 Å². The summed E-state index contributed by atoms with van der Waals surface area (Å²) in [6.07, 6.45) is 2.02. The number of aryl methyl sites for hydroxylation is 1. The zero-order valence-corrected chi connectivity index (χ0v) is 16.9. The van der Waals surface area contributed by atoms with Gasteiger partial charge in [-0.3, -0.25) is 4.79 Å². The van der Waals surface area contributed by atoms with Crippen LogP contribution in [0.3, 0.4) is 0 Å². The molecule has 2 aromatic carbocycles. The van der Waals surface area contributed by atoms with Crippen molar-refractivity contribution in [1.29, 1.82) is 0 Å². The van der Waals surface area contributed by atoms with Crippen molar-refractivity contribution in [3.63, 3.8) is 0 Å². The molecule has 0 aliphatic heterocycles. The van der Waals surface area contributed by atoms with Crippen LogP contribution in [0.4, 0.5) is 17.2 Å². The molecule has 3 rings (SSSR count). The maximum atomic E-state index is 12.2. The summed E-state index contributed by atoms with van der Waals surface area (Å²) in [5.41, 5.74) is 5.25. The number of anilines is 3. The third-order valence-corrected chi connectivity index (χ3v) is 4.52. The molecule has 4 nitrogen and oxygen atoms in total. The van der Waals surface area contributed by atoms with Gasteiger partial charge in [0.1, 0.15) is 5.82 Å². The lowest BCUT2D eigenvalue weighted by atomic mass is 9.87. The highest BCUT2D eigenvalue weighted by molar-refractivity contribution is 5.92. The van der Waals surface area contributed by atoms with E-state index in [1.807, 2.05) is 43.3 Å². The van der Waals surface area contributed by atoms with Crippen LogP contribution in [0.5, 0.6) is 0 Å². The van der Waals surface area contributed by atoms with E-state index in [1.54, 1.807) is 6.20 Å². The van der Waals surface area contributed by atoms with Crippen molar-refractivity contribution in [2.24, 2.45) is 0 Å². The Morgan fingerprint density at radius 1 is 0.964 bits per heavy atom. The van der Waals surface area contributed by atoms with Crippen molar-refractivity contribution >= 4 is 23.1 Å². The van der Waals surface area contributed by atoms with E-state index in [9.17, 15) is 4.79 Å². The third-order valence-electron chi connectivity index (χ3n) is 4.52. The second-order valence-electron chi connectivity index (χ2n) is 8.10. The van der Waals surface area contributed by atoms with Gasteiger partial charge in [0.25, 0.3) is 0 Å². The number of rotatable bonds is 5. The molecule has 0 radical (unpaired) electrons. The maximum Gasteiger partial charge on any atom is 0.228 e. The van der Waals surface area contributed by atoms with Crippen LogP contribution in [-0.4, -0.2) is 10.9 Å². The van der Waals surface area contributed by atoms with Crippen molar-refractivity contribution in [1.82, 2.24) is 4.98 Å². The molecule has 0 unspecified atom stereocenters. The topological polar surface area (TPSA) is 54.0 Å². The van der Waals surface area contributed by atoms with Crippen molar-refractivity contribution in [3.8, 4) is 0 Å². The molecule has 0 saturated heterocycles. The van der Waals surface area contributed by atoms with Crippen molar-refractivity contribution in [2.45, 2.75) is 39.5 Å². The molecule has 0 aliphatic rings. The largest absolute Gasteiger partial charge is 0.340 e. The van der Waals surface area contributed by atoms with Crippen LogP contribution in [0.2, 0.25) is 0 Å². The minimum atomic E-state index is -0.0501. The van der Waals surface area contributed by atoms with Gasteiger partial charge in [0, 0.05) is 5.69 Å².